The van der Waals surface area contributed by atoms with Gasteiger partial charge in [0.25, 0.3) is 0 Å². The fraction of sp³-hybridized carbons (Fsp3) is 0.640. The molecule has 0 spiro atoms. The van der Waals surface area contributed by atoms with Crippen LogP contribution in [0.1, 0.15) is 48.0 Å². The topological polar surface area (TPSA) is 64.9 Å². The van der Waals surface area contributed by atoms with Gasteiger partial charge in [-0.25, -0.2) is 0 Å². The van der Waals surface area contributed by atoms with Gasteiger partial charge in [-0.3, -0.25) is 4.99 Å². The van der Waals surface area contributed by atoms with Crippen LogP contribution < -0.4 is 5.32 Å². The number of rotatable bonds is 7. The van der Waals surface area contributed by atoms with Gasteiger partial charge in [-0.1, -0.05) is 65.3 Å². The molecule has 4 atom stereocenters. The minimum atomic E-state index is -0.712. The Morgan fingerprint density at radius 3 is 2.32 bits per heavy atom. The van der Waals surface area contributed by atoms with Crippen molar-refractivity contribution in [3.63, 3.8) is 0 Å². The van der Waals surface area contributed by atoms with Gasteiger partial charge in [-0.2, -0.15) is 0 Å². The van der Waals surface area contributed by atoms with Gasteiger partial charge < -0.3 is 15.5 Å². The molecule has 0 fully saturated rings. The quantitative estimate of drug-likeness (QED) is 0.279. The van der Waals surface area contributed by atoms with Gasteiger partial charge in [0.15, 0.2) is 0 Å². The Labute approximate surface area is 197 Å². The summed E-state index contributed by atoms with van der Waals surface area (Å²) in [4.78, 5) is 4.59. The first-order chi connectivity index (χ1) is 14.3. The molecule has 174 valence electrons. The summed E-state index contributed by atoms with van der Waals surface area (Å²) < 4.78 is 0. The summed E-state index contributed by atoms with van der Waals surface area (Å²) in [5.41, 5.74) is 3.01. The first-order valence-corrected chi connectivity index (χ1v) is 11.8. The number of alkyl halides is 1. The first kappa shape index (κ1) is 26.3. The number of hydrogen-bond acceptors (Lipinski definition) is 4. The summed E-state index contributed by atoms with van der Waals surface area (Å²) in [5, 5.41) is 24.4. The van der Waals surface area contributed by atoms with E-state index in [1.54, 1.807) is 12.2 Å². The van der Waals surface area contributed by atoms with Crippen LogP contribution in [0.15, 0.2) is 51.0 Å². The van der Waals surface area contributed by atoms with E-state index < -0.39 is 17.6 Å². The number of hydrogen-bond donors (Lipinski definition) is 3. The van der Waals surface area contributed by atoms with E-state index in [-0.39, 0.29) is 16.7 Å². The summed E-state index contributed by atoms with van der Waals surface area (Å²) in [6.45, 7) is 15.0. The Morgan fingerprint density at radius 1 is 1.03 bits per heavy atom. The van der Waals surface area contributed by atoms with Crippen molar-refractivity contribution in [3.8, 4) is 0 Å². The summed E-state index contributed by atoms with van der Waals surface area (Å²) in [6, 6.07) is 0. The van der Waals surface area contributed by atoms with Crippen LogP contribution in [0.2, 0.25) is 0 Å². The normalized spacial score (nSPS) is 27.7. The van der Waals surface area contributed by atoms with E-state index in [2.05, 4.69) is 64.0 Å². The van der Waals surface area contributed by atoms with Gasteiger partial charge in [0.05, 0.1) is 17.6 Å². The van der Waals surface area contributed by atoms with Crippen LogP contribution in [0.3, 0.4) is 0 Å². The lowest BCUT2D eigenvalue weighted by atomic mass is 9.71. The predicted molar refractivity (Wildman–Crippen MR) is 133 cm³/mol. The van der Waals surface area contributed by atoms with E-state index in [4.69, 9.17) is 23.2 Å². The molecule has 2 aliphatic rings. The summed E-state index contributed by atoms with van der Waals surface area (Å²) in [7, 11) is 0. The average molecular weight is 469 g/mol. The Kier molecular flexibility index (Phi) is 9.18. The lowest BCUT2D eigenvalue weighted by Gasteiger charge is -2.36. The molecule has 0 saturated carbocycles. The molecule has 0 heterocycles. The summed E-state index contributed by atoms with van der Waals surface area (Å²) >= 11 is 12.1. The van der Waals surface area contributed by atoms with E-state index in [9.17, 15) is 10.2 Å². The third-order valence-corrected chi connectivity index (χ3v) is 6.27. The van der Waals surface area contributed by atoms with Crippen LogP contribution in [0.4, 0.5) is 0 Å². The molecule has 0 amide bonds. The number of aliphatic imine (C=N–C) groups is 1. The van der Waals surface area contributed by atoms with Crippen molar-refractivity contribution in [2.24, 2.45) is 21.7 Å². The molecular weight excluding hydrogens is 431 g/mol. The van der Waals surface area contributed by atoms with Crippen LogP contribution in [0.5, 0.6) is 0 Å². The SMILES string of the molecule is CC(C)(C)C1=CC(C=NCCCNCC2=CC(Cl)=CC(Cl)C2O)C(O)C(C(C)(C)C)=C1. The van der Waals surface area contributed by atoms with E-state index in [0.29, 0.717) is 18.1 Å². The molecular formula is C25H38Cl2N2O2. The van der Waals surface area contributed by atoms with Crippen LogP contribution in [-0.2, 0) is 0 Å². The highest BCUT2D eigenvalue weighted by Gasteiger charge is 2.33. The maximum Gasteiger partial charge on any atom is 0.0965 e. The number of nitrogens with one attached hydrogen (secondary N) is 1. The third kappa shape index (κ3) is 7.57. The standard InChI is InChI=1S/C25H38Cl2N2O2/c1-24(2,3)18-10-16(22(30)20(12-18)25(4,5)6)14-28-8-7-9-29-15-17-11-19(26)13-21(27)23(17)31/h10-14,16,21-23,29-31H,7-9,15H2,1-6H3. The molecule has 0 aliphatic heterocycles. The molecule has 0 bridgehead atoms. The maximum absolute atomic E-state index is 10.9. The van der Waals surface area contributed by atoms with Gasteiger partial charge in [0.2, 0.25) is 0 Å². The molecule has 0 aromatic rings. The molecule has 0 radical (unpaired) electrons. The van der Waals surface area contributed by atoms with Crippen molar-refractivity contribution < 1.29 is 10.2 Å². The fourth-order valence-corrected chi connectivity index (χ4v) is 4.33. The first-order valence-electron chi connectivity index (χ1n) is 11.0. The molecule has 0 saturated heterocycles. The summed E-state index contributed by atoms with van der Waals surface area (Å²) in [6.07, 6.45) is 9.22. The monoisotopic (exact) mass is 468 g/mol. The van der Waals surface area contributed by atoms with E-state index in [1.807, 2.05) is 6.21 Å². The second-order valence-electron chi connectivity index (χ2n) is 10.5. The molecule has 4 nitrogen and oxygen atoms in total. The van der Waals surface area contributed by atoms with Crippen molar-refractivity contribution in [3.05, 3.63) is 46.1 Å². The number of halogens is 2. The van der Waals surface area contributed by atoms with Gasteiger partial charge in [0.1, 0.15) is 0 Å². The number of allylic oxidation sites excluding steroid dienone is 4. The van der Waals surface area contributed by atoms with Crippen LogP contribution in [-0.4, -0.2) is 53.6 Å². The second-order valence-corrected chi connectivity index (χ2v) is 11.4. The van der Waals surface area contributed by atoms with Crippen molar-refractivity contribution in [2.45, 2.75) is 65.5 Å². The zero-order valence-electron chi connectivity index (χ0n) is 19.6. The van der Waals surface area contributed by atoms with Crippen molar-refractivity contribution in [1.82, 2.24) is 5.32 Å². The van der Waals surface area contributed by atoms with Crippen LogP contribution in [0, 0.1) is 16.7 Å². The molecule has 6 heteroatoms. The number of aliphatic hydroxyl groups excluding tert-OH is 2. The van der Waals surface area contributed by atoms with Gasteiger partial charge in [-0.15, -0.1) is 11.6 Å². The van der Waals surface area contributed by atoms with Gasteiger partial charge in [0, 0.05) is 30.3 Å². The van der Waals surface area contributed by atoms with Crippen molar-refractivity contribution in [1.29, 1.82) is 0 Å². The lowest BCUT2D eigenvalue weighted by molar-refractivity contribution is 0.164. The largest absolute Gasteiger partial charge is 0.388 e. The Bertz CT molecular complexity index is 782. The van der Waals surface area contributed by atoms with Crippen molar-refractivity contribution in [2.75, 3.05) is 19.6 Å². The molecule has 4 unspecified atom stereocenters. The summed E-state index contributed by atoms with van der Waals surface area (Å²) in [5.74, 6) is -0.112. The second kappa shape index (κ2) is 10.8. The Hall–Kier alpha value is -0.910. The molecule has 3 N–H and O–H groups in total. The van der Waals surface area contributed by atoms with E-state index in [0.717, 1.165) is 24.1 Å². The number of aliphatic hydroxyl groups is 2. The van der Waals surface area contributed by atoms with Crippen LogP contribution >= 0.6 is 23.2 Å². The Balaban J connectivity index is 1.87. The molecule has 2 aliphatic carbocycles. The maximum atomic E-state index is 10.9. The van der Waals surface area contributed by atoms with E-state index in [1.165, 1.54) is 5.57 Å². The zero-order chi connectivity index (χ0) is 23.4. The minimum Gasteiger partial charge on any atom is -0.388 e. The highest BCUT2D eigenvalue weighted by Crippen LogP contribution is 2.40. The number of nitrogens with zero attached hydrogens (tertiary/aromatic N) is 1. The predicted octanol–water partition coefficient (Wildman–Crippen LogP) is 5.00. The van der Waals surface area contributed by atoms with Gasteiger partial charge in [-0.05, 0) is 52.7 Å². The third-order valence-electron chi connectivity index (χ3n) is 5.67. The molecule has 2 rings (SSSR count). The fourth-order valence-electron chi connectivity index (χ4n) is 3.70. The molecule has 31 heavy (non-hydrogen) atoms. The van der Waals surface area contributed by atoms with Crippen LogP contribution in [0.25, 0.3) is 0 Å². The minimum absolute atomic E-state index is 0.0190. The highest BCUT2D eigenvalue weighted by atomic mass is 35.5. The molecule has 0 aromatic carbocycles. The molecule has 0 aromatic heterocycles. The van der Waals surface area contributed by atoms with Gasteiger partial charge >= 0.3 is 0 Å². The smallest absolute Gasteiger partial charge is 0.0965 e. The highest BCUT2D eigenvalue weighted by molar-refractivity contribution is 6.32. The average Bonchev–Trinajstić information content (AvgIpc) is 2.63. The van der Waals surface area contributed by atoms with E-state index >= 15 is 0 Å². The van der Waals surface area contributed by atoms with Crippen molar-refractivity contribution >= 4 is 29.4 Å². The lowest BCUT2D eigenvalue weighted by Crippen LogP contribution is -2.33. The Morgan fingerprint density at radius 2 is 1.71 bits per heavy atom. The zero-order valence-corrected chi connectivity index (χ0v) is 21.1.